The Hall–Kier alpha value is -1.20. The zero-order valence-corrected chi connectivity index (χ0v) is 13.0. The highest BCUT2D eigenvalue weighted by molar-refractivity contribution is 9.08. The number of hydrogen-bond donors (Lipinski definition) is 0. The van der Waals surface area contributed by atoms with Crippen LogP contribution in [0.4, 0.5) is 0 Å². The fraction of sp³-hybridized carbons (Fsp3) is 0.286. The van der Waals surface area contributed by atoms with Gasteiger partial charge >= 0.3 is 5.97 Å². The Labute approximate surface area is 124 Å². The molecule has 0 saturated heterocycles. The van der Waals surface area contributed by atoms with E-state index in [0.717, 1.165) is 22.7 Å². The fourth-order valence-electron chi connectivity index (χ4n) is 1.66. The molecule has 5 heteroatoms. The van der Waals surface area contributed by atoms with Gasteiger partial charge in [-0.1, -0.05) is 46.3 Å². The van der Waals surface area contributed by atoms with Crippen LogP contribution in [0.2, 0.25) is 0 Å². The third-order valence-electron chi connectivity index (χ3n) is 2.53. The van der Waals surface area contributed by atoms with E-state index in [4.69, 9.17) is 4.74 Å². The van der Waals surface area contributed by atoms with E-state index in [-0.39, 0.29) is 5.97 Å². The van der Waals surface area contributed by atoms with Gasteiger partial charge in [-0.3, -0.25) is 0 Å². The van der Waals surface area contributed by atoms with Gasteiger partial charge in [-0.25, -0.2) is 9.78 Å². The summed E-state index contributed by atoms with van der Waals surface area (Å²) in [4.78, 5) is 17.0. The molecule has 100 valence electrons. The van der Waals surface area contributed by atoms with Crippen molar-refractivity contribution in [2.24, 2.45) is 0 Å². The van der Waals surface area contributed by atoms with Crippen LogP contribution in [0.15, 0.2) is 30.4 Å². The van der Waals surface area contributed by atoms with Crippen molar-refractivity contribution >= 4 is 38.8 Å². The van der Waals surface area contributed by atoms with E-state index in [2.05, 4.69) is 33.1 Å². The highest BCUT2D eigenvalue weighted by Gasteiger charge is 2.19. The fourth-order valence-corrected chi connectivity index (χ4v) is 3.25. The minimum atomic E-state index is -0.294. The van der Waals surface area contributed by atoms with E-state index in [0.29, 0.717) is 16.8 Å². The van der Waals surface area contributed by atoms with Crippen molar-refractivity contribution < 1.29 is 9.53 Å². The van der Waals surface area contributed by atoms with Gasteiger partial charge in [0.15, 0.2) is 0 Å². The predicted octanol–water partition coefficient (Wildman–Crippen LogP) is 4.11. The SMILES string of the molecule is CCOC(=O)c1sc(C2=CCC=CC=C2)nc1CBr. The molecule has 1 aliphatic rings. The topological polar surface area (TPSA) is 39.2 Å². The van der Waals surface area contributed by atoms with Crippen molar-refractivity contribution in [1.82, 2.24) is 4.98 Å². The van der Waals surface area contributed by atoms with Gasteiger partial charge in [0.1, 0.15) is 9.88 Å². The first-order valence-corrected chi connectivity index (χ1v) is 7.96. The number of nitrogens with zero attached hydrogens (tertiary/aromatic N) is 1. The molecule has 0 spiro atoms. The number of aromatic nitrogens is 1. The molecule has 1 heterocycles. The molecule has 2 rings (SSSR count). The molecule has 1 aliphatic carbocycles. The second kappa shape index (κ2) is 6.82. The van der Waals surface area contributed by atoms with E-state index in [1.165, 1.54) is 11.3 Å². The van der Waals surface area contributed by atoms with Crippen LogP contribution in [0.25, 0.3) is 5.57 Å². The number of allylic oxidation sites excluding steroid dienone is 6. The largest absolute Gasteiger partial charge is 0.462 e. The maximum atomic E-state index is 11.9. The number of rotatable bonds is 4. The minimum absolute atomic E-state index is 0.294. The van der Waals surface area contributed by atoms with Crippen LogP contribution in [0.1, 0.15) is 33.7 Å². The second-order valence-electron chi connectivity index (χ2n) is 3.83. The number of halogens is 1. The first-order valence-electron chi connectivity index (χ1n) is 6.02. The summed E-state index contributed by atoms with van der Waals surface area (Å²) in [6.45, 7) is 2.18. The van der Waals surface area contributed by atoms with E-state index < -0.39 is 0 Å². The molecule has 0 unspecified atom stereocenters. The van der Waals surface area contributed by atoms with E-state index >= 15 is 0 Å². The molecule has 0 radical (unpaired) electrons. The lowest BCUT2D eigenvalue weighted by atomic mass is 10.2. The van der Waals surface area contributed by atoms with Gasteiger partial charge < -0.3 is 4.74 Å². The average molecular weight is 340 g/mol. The molecular formula is C14H14BrNO2S. The lowest BCUT2D eigenvalue weighted by Crippen LogP contribution is -2.04. The number of hydrogen-bond acceptors (Lipinski definition) is 4. The molecule has 0 aliphatic heterocycles. The van der Waals surface area contributed by atoms with Crippen LogP contribution >= 0.6 is 27.3 Å². The highest BCUT2D eigenvalue weighted by Crippen LogP contribution is 2.28. The van der Waals surface area contributed by atoms with Crippen LogP contribution in [0.5, 0.6) is 0 Å². The van der Waals surface area contributed by atoms with Crippen molar-refractivity contribution in [3.63, 3.8) is 0 Å². The lowest BCUT2D eigenvalue weighted by Gasteiger charge is -1.98. The predicted molar refractivity (Wildman–Crippen MR) is 81.6 cm³/mol. The van der Waals surface area contributed by atoms with Gasteiger partial charge in [0.05, 0.1) is 12.3 Å². The Morgan fingerprint density at radius 1 is 1.53 bits per heavy atom. The molecule has 0 saturated carbocycles. The molecular weight excluding hydrogens is 326 g/mol. The summed E-state index contributed by atoms with van der Waals surface area (Å²) in [5.41, 5.74) is 1.79. The summed E-state index contributed by atoms with van der Waals surface area (Å²) < 4.78 is 5.06. The molecule has 19 heavy (non-hydrogen) atoms. The van der Waals surface area contributed by atoms with Crippen LogP contribution < -0.4 is 0 Å². The molecule has 1 aromatic heterocycles. The highest BCUT2D eigenvalue weighted by atomic mass is 79.9. The number of alkyl halides is 1. The van der Waals surface area contributed by atoms with Crippen molar-refractivity contribution in [2.45, 2.75) is 18.7 Å². The Bertz CT molecular complexity index is 558. The number of carbonyl (C=O) groups is 1. The number of carbonyl (C=O) groups excluding carboxylic acids is 1. The van der Waals surface area contributed by atoms with E-state index in [1.807, 2.05) is 18.2 Å². The summed E-state index contributed by atoms with van der Waals surface area (Å²) in [6.07, 6.45) is 11.1. The van der Waals surface area contributed by atoms with Crippen molar-refractivity contribution in [1.29, 1.82) is 0 Å². The molecule has 0 aromatic carbocycles. The van der Waals surface area contributed by atoms with Gasteiger partial charge in [0, 0.05) is 10.9 Å². The molecule has 0 bridgehead atoms. The normalized spacial score (nSPS) is 14.1. The van der Waals surface area contributed by atoms with Gasteiger partial charge in [-0.15, -0.1) is 11.3 Å². The van der Waals surface area contributed by atoms with Crippen molar-refractivity contribution in [3.8, 4) is 0 Å². The van der Waals surface area contributed by atoms with Crippen LogP contribution in [-0.4, -0.2) is 17.6 Å². The first-order chi connectivity index (χ1) is 9.26. The molecule has 1 aromatic rings. The van der Waals surface area contributed by atoms with Gasteiger partial charge in [0.2, 0.25) is 0 Å². The van der Waals surface area contributed by atoms with Crippen LogP contribution in [0, 0.1) is 0 Å². The molecule has 0 N–H and O–H groups in total. The van der Waals surface area contributed by atoms with Crippen LogP contribution in [0.3, 0.4) is 0 Å². The van der Waals surface area contributed by atoms with Crippen molar-refractivity contribution in [3.05, 3.63) is 46.0 Å². The molecule has 0 fully saturated rings. The molecule has 3 nitrogen and oxygen atoms in total. The number of thiazole rings is 1. The summed E-state index contributed by atoms with van der Waals surface area (Å²) in [7, 11) is 0. The van der Waals surface area contributed by atoms with Gasteiger partial charge in [-0.2, -0.15) is 0 Å². The van der Waals surface area contributed by atoms with E-state index in [9.17, 15) is 4.79 Å². The lowest BCUT2D eigenvalue weighted by molar-refractivity contribution is 0.0531. The number of esters is 1. The standard InChI is InChI=1S/C14H14BrNO2S/c1-2-18-14(17)12-11(9-15)16-13(19-12)10-7-5-3-4-6-8-10/h3-5,7-8H,2,6,9H2,1H3. The third kappa shape index (κ3) is 3.42. The smallest absolute Gasteiger partial charge is 0.350 e. The maximum Gasteiger partial charge on any atom is 0.350 e. The third-order valence-corrected chi connectivity index (χ3v) is 4.19. The Morgan fingerprint density at radius 3 is 3.11 bits per heavy atom. The van der Waals surface area contributed by atoms with E-state index in [1.54, 1.807) is 6.92 Å². The second-order valence-corrected chi connectivity index (χ2v) is 5.39. The first kappa shape index (κ1) is 14.2. The summed E-state index contributed by atoms with van der Waals surface area (Å²) in [5, 5.41) is 1.41. The number of ether oxygens (including phenoxy) is 1. The molecule has 0 amide bonds. The molecule has 0 atom stereocenters. The summed E-state index contributed by atoms with van der Waals surface area (Å²) in [5.74, 6) is -0.294. The zero-order valence-electron chi connectivity index (χ0n) is 10.6. The average Bonchev–Trinajstić information content (AvgIpc) is 2.66. The monoisotopic (exact) mass is 339 g/mol. The summed E-state index contributed by atoms with van der Waals surface area (Å²) in [6, 6.07) is 0. The Balaban J connectivity index is 2.33. The maximum absolute atomic E-state index is 11.9. The van der Waals surface area contributed by atoms with Gasteiger partial charge in [0.25, 0.3) is 0 Å². The quantitative estimate of drug-likeness (QED) is 0.612. The Morgan fingerprint density at radius 2 is 2.37 bits per heavy atom. The van der Waals surface area contributed by atoms with Crippen molar-refractivity contribution in [2.75, 3.05) is 6.61 Å². The minimum Gasteiger partial charge on any atom is -0.462 e. The van der Waals surface area contributed by atoms with Crippen LogP contribution in [-0.2, 0) is 10.1 Å². The zero-order chi connectivity index (χ0) is 13.7. The van der Waals surface area contributed by atoms with Gasteiger partial charge in [-0.05, 0) is 13.3 Å². The summed E-state index contributed by atoms with van der Waals surface area (Å²) >= 11 is 4.75. The Kier molecular flexibility index (Phi) is 5.10.